The molecule has 0 radical (unpaired) electrons. The van der Waals surface area contributed by atoms with E-state index >= 15 is 0 Å². The minimum Gasteiger partial charge on any atom is -0.496 e. The van der Waals surface area contributed by atoms with Gasteiger partial charge in [-0.1, -0.05) is 0 Å². The molecule has 9 heteroatoms. The first kappa shape index (κ1) is 19.5. The van der Waals surface area contributed by atoms with E-state index in [2.05, 4.69) is 25.2 Å². The lowest BCUT2D eigenvalue weighted by Gasteiger charge is -2.26. The molecule has 2 aromatic heterocycles. The second-order valence-electron chi connectivity index (χ2n) is 7.48. The molecule has 160 valence electrons. The zero-order valence-corrected chi connectivity index (χ0v) is 17.3. The number of anilines is 2. The van der Waals surface area contributed by atoms with Crippen LogP contribution in [0, 0.1) is 0 Å². The lowest BCUT2D eigenvalue weighted by atomic mass is 10.1. The van der Waals surface area contributed by atoms with Gasteiger partial charge in [0.15, 0.2) is 11.5 Å². The lowest BCUT2D eigenvalue weighted by Crippen LogP contribution is -2.24. The third-order valence-corrected chi connectivity index (χ3v) is 5.50. The Morgan fingerprint density at radius 1 is 1.06 bits per heavy atom. The molecule has 9 nitrogen and oxygen atoms in total. The van der Waals surface area contributed by atoms with Gasteiger partial charge in [-0.25, -0.2) is 9.97 Å². The van der Waals surface area contributed by atoms with Crippen molar-refractivity contribution in [3.05, 3.63) is 54.4 Å². The van der Waals surface area contributed by atoms with Gasteiger partial charge < -0.3 is 19.5 Å². The molecule has 4 heterocycles. The number of rotatable bonds is 6. The van der Waals surface area contributed by atoms with Crippen LogP contribution in [0.15, 0.2) is 43.1 Å². The van der Waals surface area contributed by atoms with Gasteiger partial charge in [0.05, 0.1) is 37.4 Å². The molecule has 3 aromatic rings. The van der Waals surface area contributed by atoms with Crippen LogP contribution in [0.3, 0.4) is 0 Å². The Morgan fingerprint density at radius 3 is 2.71 bits per heavy atom. The van der Waals surface area contributed by atoms with Crippen molar-refractivity contribution in [3.8, 4) is 17.2 Å². The van der Waals surface area contributed by atoms with Crippen LogP contribution in [0.4, 0.5) is 11.6 Å². The molecule has 1 atom stereocenters. The van der Waals surface area contributed by atoms with E-state index in [1.807, 2.05) is 18.3 Å². The van der Waals surface area contributed by atoms with Crippen LogP contribution in [-0.2, 0) is 6.54 Å². The fourth-order valence-electron chi connectivity index (χ4n) is 4.09. The molecule has 0 saturated carbocycles. The highest BCUT2D eigenvalue weighted by molar-refractivity contribution is 5.51. The average molecular weight is 420 g/mol. The van der Waals surface area contributed by atoms with E-state index in [0.29, 0.717) is 24.8 Å². The van der Waals surface area contributed by atoms with E-state index in [9.17, 15) is 0 Å². The van der Waals surface area contributed by atoms with E-state index in [4.69, 9.17) is 19.2 Å². The van der Waals surface area contributed by atoms with Gasteiger partial charge in [0, 0.05) is 30.6 Å². The number of hydrogen-bond acceptors (Lipinski definition) is 9. The van der Waals surface area contributed by atoms with Crippen molar-refractivity contribution in [2.24, 2.45) is 0 Å². The molecule has 2 aliphatic heterocycles. The Hall–Kier alpha value is -3.46. The molecule has 0 aliphatic carbocycles. The number of fused-ring (bicyclic) bond motifs is 1. The third kappa shape index (κ3) is 4.22. The summed E-state index contributed by atoms with van der Waals surface area (Å²) in [6.07, 6.45) is 10.6. The van der Waals surface area contributed by atoms with E-state index in [1.165, 1.54) is 0 Å². The average Bonchev–Trinajstić information content (AvgIpc) is 3.27. The van der Waals surface area contributed by atoms with Gasteiger partial charge in [-0.2, -0.15) is 0 Å². The van der Waals surface area contributed by atoms with Crippen molar-refractivity contribution < 1.29 is 14.2 Å². The summed E-state index contributed by atoms with van der Waals surface area (Å²) in [5.41, 5.74) is 2.00. The van der Waals surface area contributed by atoms with Crippen molar-refractivity contribution >= 4 is 11.6 Å². The number of benzene rings is 1. The van der Waals surface area contributed by atoms with E-state index < -0.39 is 0 Å². The van der Waals surface area contributed by atoms with Gasteiger partial charge in [-0.3, -0.25) is 14.9 Å². The maximum Gasteiger partial charge on any atom is 0.165 e. The second kappa shape index (κ2) is 8.73. The minimum absolute atomic E-state index is 0.175. The Bertz CT molecular complexity index is 1050. The number of nitrogens with zero attached hydrogens (tertiary/aromatic N) is 5. The maximum atomic E-state index is 5.77. The van der Waals surface area contributed by atoms with E-state index in [1.54, 1.807) is 31.9 Å². The molecule has 5 rings (SSSR count). The maximum absolute atomic E-state index is 5.77. The van der Waals surface area contributed by atoms with Gasteiger partial charge in [0.1, 0.15) is 30.6 Å². The first-order chi connectivity index (χ1) is 15.3. The smallest absolute Gasteiger partial charge is 0.165 e. The Morgan fingerprint density at radius 2 is 1.90 bits per heavy atom. The predicted molar refractivity (Wildman–Crippen MR) is 114 cm³/mol. The van der Waals surface area contributed by atoms with Crippen molar-refractivity contribution in [1.29, 1.82) is 0 Å². The summed E-state index contributed by atoms with van der Waals surface area (Å²) in [7, 11) is 1.68. The van der Waals surface area contributed by atoms with Crippen LogP contribution in [0.5, 0.6) is 17.2 Å². The number of likely N-dealkylation sites (tertiary alicyclic amines) is 1. The standard InChI is InChI=1S/C22H24N6O3/c1-29-18-10-20-19(30-7-8-31-20)9-15(18)14-28-6-2-3-17(28)16-11-24-13-22(26-16)27-21-12-23-4-5-25-21/h4-5,9-13,17H,2-3,6-8,14H2,1H3,(H,25,26,27)/t17-/m1/s1. The summed E-state index contributed by atoms with van der Waals surface area (Å²) in [6, 6.07) is 4.12. The number of methoxy groups -OCH3 is 1. The highest BCUT2D eigenvalue weighted by atomic mass is 16.6. The Labute approximate surface area is 180 Å². The van der Waals surface area contributed by atoms with Gasteiger partial charge in [-0.05, 0) is 25.5 Å². The van der Waals surface area contributed by atoms with Crippen LogP contribution >= 0.6 is 0 Å². The zero-order valence-electron chi connectivity index (χ0n) is 17.3. The molecular formula is C22H24N6O3. The quantitative estimate of drug-likeness (QED) is 0.645. The summed E-state index contributed by atoms with van der Waals surface area (Å²) in [5, 5.41) is 3.17. The van der Waals surface area contributed by atoms with Crippen molar-refractivity contribution in [2.45, 2.75) is 25.4 Å². The Balaban J connectivity index is 1.36. The van der Waals surface area contributed by atoms with Crippen LogP contribution < -0.4 is 19.5 Å². The fraction of sp³-hybridized carbons (Fsp3) is 0.364. The highest BCUT2D eigenvalue weighted by Gasteiger charge is 2.29. The summed E-state index contributed by atoms with van der Waals surface area (Å²) in [4.78, 5) is 19.9. The van der Waals surface area contributed by atoms with E-state index in [0.717, 1.165) is 54.4 Å². The molecule has 1 N–H and O–H groups in total. The topological polar surface area (TPSA) is 94.5 Å². The summed E-state index contributed by atoms with van der Waals surface area (Å²) < 4.78 is 17.1. The largest absolute Gasteiger partial charge is 0.496 e. The monoisotopic (exact) mass is 420 g/mol. The minimum atomic E-state index is 0.175. The molecule has 0 amide bonds. The molecule has 1 fully saturated rings. The van der Waals surface area contributed by atoms with Crippen LogP contribution in [0.25, 0.3) is 0 Å². The van der Waals surface area contributed by atoms with Crippen molar-refractivity contribution in [1.82, 2.24) is 24.8 Å². The van der Waals surface area contributed by atoms with Gasteiger partial charge in [0.25, 0.3) is 0 Å². The first-order valence-corrected chi connectivity index (χ1v) is 10.4. The molecule has 0 unspecified atom stereocenters. The number of ether oxygens (including phenoxy) is 3. The van der Waals surface area contributed by atoms with Crippen LogP contribution in [0.1, 0.15) is 30.1 Å². The number of hydrogen-bond donors (Lipinski definition) is 1. The molecule has 1 saturated heterocycles. The molecule has 2 aliphatic rings. The van der Waals surface area contributed by atoms with Gasteiger partial charge in [0.2, 0.25) is 0 Å². The first-order valence-electron chi connectivity index (χ1n) is 10.4. The zero-order chi connectivity index (χ0) is 21.0. The fourth-order valence-corrected chi connectivity index (χ4v) is 4.09. The molecular weight excluding hydrogens is 396 g/mol. The second-order valence-corrected chi connectivity index (χ2v) is 7.48. The predicted octanol–water partition coefficient (Wildman–Crippen LogP) is 3.13. The van der Waals surface area contributed by atoms with E-state index in [-0.39, 0.29) is 6.04 Å². The number of aromatic nitrogens is 4. The SMILES string of the molecule is COc1cc2c(cc1CN1CCC[C@@H]1c1cncc(Nc3cnccn3)n1)OCCO2. The summed E-state index contributed by atoms with van der Waals surface area (Å²) in [5.74, 6) is 3.60. The molecule has 0 spiro atoms. The molecule has 0 bridgehead atoms. The van der Waals surface area contributed by atoms with Crippen molar-refractivity contribution in [2.75, 3.05) is 32.2 Å². The van der Waals surface area contributed by atoms with Gasteiger partial charge in [-0.15, -0.1) is 0 Å². The number of nitrogens with one attached hydrogen (secondary N) is 1. The highest BCUT2D eigenvalue weighted by Crippen LogP contribution is 2.39. The summed E-state index contributed by atoms with van der Waals surface area (Å²) >= 11 is 0. The third-order valence-electron chi connectivity index (χ3n) is 5.50. The lowest BCUT2D eigenvalue weighted by molar-refractivity contribution is 0.169. The molecule has 1 aromatic carbocycles. The molecule has 31 heavy (non-hydrogen) atoms. The van der Waals surface area contributed by atoms with Gasteiger partial charge >= 0.3 is 0 Å². The normalized spacial score (nSPS) is 18.0. The van der Waals surface area contributed by atoms with Crippen molar-refractivity contribution in [3.63, 3.8) is 0 Å². The van der Waals surface area contributed by atoms with Crippen LogP contribution in [-0.4, -0.2) is 51.7 Å². The Kier molecular flexibility index (Phi) is 5.49. The van der Waals surface area contributed by atoms with Crippen LogP contribution in [0.2, 0.25) is 0 Å². The summed E-state index contributed by atoms with van der Waals surface area (Å²) in [6.45, 7) is 2.83.